The van der Waals surface area contributed by atoms with Crippen molar-refractivity contribution in [2.45, 2.75) is 24.6 Å². The van der Waals surface area contributed by atoms with Gasteiger partial charge in [0.1, 0.15) is 11.5 Å². The Morgan fingerprint density at radius 2 is 1.76 bits per heavy atom. The van der Waals surface area contributed by atoms with Crippen LogP contribution in [0.4, 0.5) is 24.5 Å². The van der Waals surface area contributed by atoms with E-state index in [1.807, 2.05) is 0 Å². The molecule has 4 N–H and O–H groups in total. The minimum absolute atomic E-state index is 0.0340. The van der Waals surface area contributed by atoms with E-state index in [-0.39, 0.29) is 17.3 Å². The summed E-state index contributed by atoms with van der Waals surface area (Å²) in [5, 5.41) is 5.71. The molecule has 1 atom stereocenters. The molecule has 0 saturated heterocycles. The Morgan fingerprint density at radius 1 is 1.09 bits per heavy atom. The lowest BCUT2D eigenvalue weighted by Crippen LogP contribution is -2.44. The van der Waals surface area contributed by atoms with Crippen molar-refractivity contribution in [2.24, 2.45) is 0 Å². The first-order valence-electron chi connectivity index (χ1n) is 9.04. The molecule has 14 heteroatoms. The van der Waals surface area contributed by atoms with Gasteiger partial charge in [-0.05, 0) is 54.7 Å². The molecule has 2 aromatic carbocycles. The summed E-state index contributed by atoms with van der Waals surface area (Å²) in [6, 6.07) is 9.62. The zero-order chi connectivity index (χ0) is 24.6. The highest BCUT2D eigenvalue weighted by Gasteiger charge is 2.31. The molecule has 1 amide bonds. The number of hydrogen-bond donors (Lipinski definition) is 5. The molecule has 0 aliphatic heterocycles. The summed E-state index contributed by atoms with van der Waals surface area (Å²) in [4.78, 5) is 24.0. The number of halogens is 5. The molecule has 0 bridgehead atoms. The Hall–Kier alpha value is -2.41. The number of hydrazine groups is 1. The lowest BCUT2D eigenvalue weighted by Gasteiger charge is -2.15. The minimum Gasteiger partial charge on any atom is -0.406 e. The van der Waals surface area contributed by atoms with E-state index in [0.717, 1.165) is 12.1 Å². The highest BCUT2D eigenvalue weighted by molar-refractivity contribution is 7.81. The number of hydrogen-bond acceptors (Lipinski definition) is 6. The number of carbonyl (C=O) groups is 2. The van der Waals surface area contributed by atoms with E-state index in [1.54, 1.807) is 12.1 Å². The second-order valence-corrected chi connectivity index (χ2v) is 8.28. The van der Waals surface area contributed by atoms with Crippen molar-refractivity contribution in [3.63, 3.8) is 0 Å². The van der Waals surface area contributed by atoms with Gasteiger partial charge in [-0.1, -0.05) is 23.2 Å². The minimum atomic E-state index is -4.79. The monoisotopic (exact) mass is 540 g/mol. The molecule has 0 aliphatic carbocycles. The molecular weight excluding hydrogens is 524 g/mol. The number of anilines is 2. The molecule has 0 radical (unpaired) electrons. The van der Waals surface area contributed by atoms with Gasteiger partial charge in [0, 0.05) is 17.1 Å². The Kier molecular flexibility index (Phi) is 9.89. The van der Waals surface area contributed by atoms with Gasteiger partial charge in [0.25, 0.3) is 0 Å². The highest BCUT2D eigenvalue weighted by Crippen LogP contribution is 2.26. The molecule has 0 fully saturated rings. The van der Waals surface area contributed by atoms with Crippen LogP contribution >= 0.6 is 48.0 Å². The molecule has 178 valence electrons. The SMILES string of the molecule is O=C(CC(=O)NNC(=S)Nc1ccc(Cl)cc1Cl)CC(S)Nc1ccc(OC(F)(F)F)cc1. The van der Waals surface area contributed by atoms with Crippen LogP contribution in [-0.2, 0) is 9.59 Å². The molecule has 2 aromatic rings. The number of amides is 1. The summed E-state index contributed by atoms with van der Waals surface area (Å²) in [5.41, 5.74) is 5.60. The quantitative estimate of drug-likeness (QED) is 0.107. The first-order valence-corrected chi connectivity index (χ1v) is 10.7. The van der Waals surface area contributed by atoms with Gasteiger partial charge in [-0.3, -0.25) is 20.4 Å². The fourth-order valence-electron chi connectivity index (χ4n) is 2.38. The number of Topliss-reactive ketones (excluding diaryl/α,β-unsaturated/α-hetero) is 1. The number of benzene rings is 2. The lowest BCUT2D eigenvalue weighted by molar-refractivity contribution is -0.274. The molecule has 1 unspecified atom stereocenters. The highest BCUT2D eigenvalue weighted by atomic mass is 35.5. The third-order valence-electron chi connectivity index (χ3n) is 3.69. The van der Waals surface area contributed by atoms with Crippen LogP contribution in [0.5, 0.6) is 5.75 Å². The fourth-order valence-corrected chi connectivity index (χ4v) is 3.35. The molecular formula is C19H17Cl2F3N4O3S2. The van der Waals surface area contributed by atoms with E-state index in [1.165, 1.54) is 18.2 Å². The summed E-state index contributed by atoms with van der Waals surface area (Å²) in [5.74, 6) is -1.45. The maximum atomic E-state index is 12.2. The van der Waals surface area contributed by atoms with E-state index in [0.29, 0.717) is 21.4 Å². The number of rotatable bonds is 8. The van der Waals surface area contributed by atoms with Crippen molar-refractivity contribution in [1.82, 2.24) is 10.9 Å². The molecule has 0 aliphatic rings. The maximum absolute atomic E-state index is 12.2. The van der Waals surface area contributed by atoms with Crippen molar-refractivity contribution >= 4 is 76.2 Å². The molecule has 33 heavy (non-hydrogen) atoms. The van der Waals surface area contributed by atoms with Gasteiger partial charge in [-0.2, -0.15) is 12.6 Å². The fraction of sp³-hybridized carbons (Fsp3) is 0.211. The summed E-state index contributed by atoms with van der Waals surface area (Å²) in [6.07, 6.45) is -5.36. The largest absolute Gasteiger partial charge is 0.573 e. The van der Waals surface area contributed by atoms with Gasteiger partial charge < -0.3 is 15.4 Å². The lowest BCUT2D eigenvalue weighted by atomic mass is 10.2. The van der Waals surface area contributed by atoms with Crippen LogP contribution in [0.25, 0.3) is 0 Å². The van der Waals surface area contributed by atoms with E-state index in [9.17, 15) is 22.8 Å². The molecule has 7 nitrogen and oxygen atoms in total. The molecule has 0 aromatic heterocycles. The van der Waals surface area contributed by atoms with Crippen LogP contribution in [0.15, 0.2) is 42.5 Å². The number of alkyl halides is 3. The second kappa shape index (κ2) is 12.2. The standard InChI is InChI=1S/C19H17Cl2F3N4O3S2/c20-10-1-6-15(14(21)7-10)26-18(33)28-27-16(30)8-12(29)9-17(32)25-11-2-4-13(5-3-11)31-19(22,23)24/h1-7,17,25,32H,8-9H2,(H,27,30)(H2,26,28,33). The summed E-state index contributed by atoms with van der Waals surface area (Å²) >= 11 is 21.1. The number of nitrogens with one attached hydrogen (secondary N) is 4. The summed E-state index contributed by atoms with van der Waals surface area (Å²) in [6.45, 7) is 0. The Bertz CT molecular complexity index is 1010. The molecule has 0 heterocycles. The zero-order valence-electron chi connectivity index (χ0n) is 16.5. The van der Waals surface area contributed by atoms with E-state index in [4.69, 9.17) is 35.4 Å². The van der Waals surface area contributed by atoms with E-state index < -0.39 is 29.8 Å². The maximum Gasteiger partial charge on any atom is 0.573 e. The average molecular weight is 541 g/mol. The van der Waals surface area contributed by atoms with Crippen molar-refractivity contribution < 1.29 is 27.5 Å². The van der Waals surface area contributed by atoms with Crippen molar-refractivity contribution in [3.8, 4) is 5.75 Å². The van der Waals surface area contributed by atoms with Crippen LogP contribution < -0.4 is 26.2 Å². The van der Waals surface area contributed by atoms with Gasteiger partial charge in [0.05, 0.1) is 22.5 Å². The van der Waals surface area contributed by atoms with Crippen molar-refractivity contribution in [1.29, 1.82) is 0 Å². The molecule has 2 rings (SSSR count). The van der Waals surface area contributed by atoms with E-state index in [2.05, 4.69) is 38.9 Å². The average Bonchev–Trinajstić information content (AvgIpc) is 2.69. The smallest absolute Gasteiger partial charge is 0.406 e. The predicted molar refractivity (Wildman–Crippen MR) is 128 cm³/mol. The van der Waals surface area contributed by atoms with Gasteiger partial charge in [0.15, 0.2) is 5.11 Å². The summed E-state index contributed by atoms with van der Waals surface area (Å²) < 4.78 is 40.3. The summed E-state index contributed by atoms with van der Waals surface area (Å²) in [7, 11) is 0. The normalized spacial score (nSPS) is 11.8. The first kappa shape index (κ1) is 26.8. The van der Waals surface area contributed by atoms with Crippen molar-refractivity contribution in [3.05, 3.63) is 52.5 Å². The number of ketones is 1. The number of ether oxygens (including phenoxy) is 1. The van der Waals surface area contributed by atoms with E-state index >= 15 is 0 Å². The Balaban J connectivity index is 1.72. The van der Waals surface area contributed by atoms with Gasteiger partial charge >= 0.3 is 6.36 Å². The van der Waals surface area contributed by atoms with Crippen LogP contribution in [0.2, 0.25) is 10.0 Å². The predicted octanol–water partition coefficient (Wildman–Crippen LogP) is 4.93. The number of thiol groups is 1. The number of carbonyl (C=O) groups excluding carboxylic acids is 2. The third-order valence-corrected chi connectivity index (χ3v) is 4.76. The van der Waals surface area contributed by atoms with Crippen molar-refractivity contribution in [2.75, 3.05) is 10.6 Å². The van der Waals surface area contributed by atoms with Crippen LogP contribution in [-0.4, -0.2) is 28.5 Å². The molecule has 0 spiro atoms. The Morgan fingerprint density at radius 3 is 2.36 bits per heavy atom. The number of thiocarbonyl (C=S) groups is 1. The van der Waals surface area contributed by atoms with Crippen LogP contribution in [0.1, 0.15) is 12.8 Å². The molecule has 0 saturated carbocycles. The van der Waals surface area contributed by atoms with Gasteiger partial charge in [-0.25, -0.2) is 0 Å². The van der Waals surface area contributed by atoms with Gasteiger partial charge in [-0.15, -0.1) is 13.2 Å². The van der Waals surface area contributed by atoms with Gasteiger partial charge in [0.2, 0.25) is 5.91 Å². The Labute approximate surface area is 207 Å². The topological polar surface area (TPSA) is 91.5 Å². The second-order valence-electron chi connectivity index (χ2n) is 6.40. The van der Waals surface area contributed by atoms with Crippen LogP contribution in [0.3, 0.4) is 0 Å². The van der Waals surface area contributed by atoms with Crippen LogP contribution in [0, 0.1) is 0 Å². The zero-order valence-corrected chi connectivity index (χ0v) is 19.7. The third kappa shape index (κ3) is 10.4. The first-order chi connectivity index (χ1) is 15.4.